The molecule has 1 aromatic heterocycles. The Bertz CT molecular complexity index is 365. The van der Waals surface area contributed by atoms with E-state index in [0.717, 1.165) is 18.0 Å². The monoisotopic (exact) mass is 226 g/mol. The lowest BCUT2D eigenvalue weighted by Crippen LogP contribution is -2.37. The van der Waals surface area contributed by atoms with Crippen LogP contribution in [0.5, 0.6) is 0 Å². The van der Waals surface area contributed by atoms with Crippen LogP contribution in [0.4, 0.5) is 0 Å². The Kier molecular flexibility index (Phi) is 2.91. The van der Waals surface area contributed by atoms with Gasteiger partial charge in [0.2, 0.25) is 5.91 Å². The Balaban J connectivity index is 2.09. The number of nitrogens with zero attached hydrogens (tertiary/aromatic N) is 3. The van der Waals surface area contributed by atoms with Crippen LogP contribution in [0.25, 0.3) is 0 Å². The van der Waals surface area contributed by atoms with Crippen molar-refractivity contribution in [1.82, 2.24) is 19.8 Å². The molecule has 0 bridgehead atoms. The number of hydrogen-bond donors (Lipinski definition) is 1. The summed E-state index contributed by atoms with van der Waals surface area (Å²) >= 11 is 1.05. The molecule has 1 fully saturated rings. The van der Waals surface area contributed by atoms with Gasteiger partial charge in [0, 0.05) is 13.1 Å². The zero-order valence-electron chi connectivity index (χ0n) is 7.97. The first-order chi connectivity index (χ1) is 7.27. The van der Waals surface area contributed by atoms with Crippen LogP contribution in [-0.4, -0.2) is 45.9 Å². The first kappa shape index (κ1) is 10.0. The lowest BCUT2D eigenvalue weighted by molar-refractivity contribution is -0.121. The van der Waals surface area contributed by atoms with Crippen LogP contribution in [0.3, 0.4) is 0 Å². The summed E-state index contributed by atoms with van der Waals surface area (Å²) < 4.78 is 3.62. The number of aromatic nitrogens is 2. The Morgan fingerprint density at radius 2 is 2.47 bits per heavy atom. The summed E-state index contributed by atoms with van der Waals surface area (Å²) in [6, 6.07) is 0. The average Bonchev–Trinajstić information content (AvgIpc) is 2.67. The Labute approximate surface area is 90.4 Å². The average molecular weight is 226 g/mol. The van der Waals surface area contributed by atoms with Gasteiger partial charge >= 0.3 is 0 Å². The minimum absolute atomic E-state index is 0.113. The quantitative estimate of drug-likeness (QED) is 0.700. The molecule has 1 aliphatic heterocycles. The van der Waals surface area contributed by atoms with E-state index in [1.807, 2.05) is 0 Å². The molecule has 1 saturated heterocycles. The molecule has 1 aromatic rings. The summed E-state index contributed by atoms with van der Waals surface area (Å²) in [6.45, 7) is 1.34. The Morgan fingerprint density at radius 3 is 3.20 bits per heavy atom. The number of amides is 2. The largest absolute Gasteiger partial charge is 0.354 e. The van der Waals surface area contributed by atoms with E-state index in [1.54, 1.807) is 0 Å². The van der Waals surface area contributed by atoms with Crippen molar-refractivity contribution in [3.63, 3.8) is 0 Å². The van der Waals surface area contributed by atoms with Crippen LogP contribution in [0.2, 0.25) is 0 Å². The highest BCUT2D eigenvalue weighted by Gasteiger charge is 2.22. The maximum Gasteiger partial charge on any atom is 0.267 e. The fourth-order valence-electron chi connectivity index (χ4n) is 1.40. The second-order valence-electron chi connectivity index (χ2n) is 3.21. The SMILES string of the molecule is O=C1CN(C(=O)c2cnns2)CCCN1. The minimum Gasteiger partial charge on any atom is -0.354 e. The third kappa shape index (κ3) is 2.30. The van der Waals surface area contributed by atoms with Crippen molar-refractivity contribution < 1.29 is 9.59 Å². The molecular formula is C8H10N4O2S. The van der Waals surface area contributed by atoms with Crippen LogP contribution in [0, 0.1) is 0 Å². The van der Waals surface area contributed by atoms with Gasteiger partial charge in [-0.25, -0.2) is 0 Å². The molecule has 1 aliphatic rings. The predicted octanol–water partition coefficient (Wildman–Crippen LogP) is -0.500. The summed E-state index contributed by atoms with van der Waals surface area (Å²) in [6.07, 6.45) is 2.21. The van der Waals surface area contributed by atoms with Gasteiger partial charge in [-0.3, -0.25) is 9.59 Å². The molecule has 6 nitrogen and oxygen atoms in total. The van der Waals surface area contributed by atoms with Gasteiger partial charge in [-0.2, -0.15) is 0 Å². The second-order valence-corrected chi connectivity index (χ2v) is 4.00. The van der Waals surface area contributed by atoms with Crippen molar-refractivity contribution in [2.75, 3.05) is 19.6 Å². The van der Waals surface area contributed by atoms with E-state index < -0.39 is 0 Å². The summed E-state index contributed by atoms with van der Waals surface area (Å²) in [7, 11) is 0. The highest BCUT2D eigenvalue weighted by molar-refractivity contribution is 7.07. The minimum atomic E-state index is -0.165. The molecule has 0 unspecified atom stereocenters. The van der Waals surface area contributed by atoms with Gasteiger partial charge < -0.3 is 10.2 Å². The van der Waals surface area contributed by atoms with Gasteiger partial charge in [0.25, 0.3) is 5.91 Å². The van der Waals surface area contributed by atoms with Crippen molar-refractivity contribution in [3.8, 4) is 0 Å². The van der Waals surface area contributed by atoms with E-state index in [0.29, 0.717) is 18.0 Å². The predicted molar refractivity (Wildman–Crippen MR) is 53.4 cm³/mol. The van der Waals surface area contributed by atoms with Gasteiger partial charge in [-0.15, -0.1) is 5.10 Å². The second kappa shape index (κ2) is 4.35. The van der Waals surface area contributed by atoms with Crippen molar-refractivity contribution in [2.45, 2.75) is 6.42 Å². The van der Waals surface area contributed by atoms with Gasteiger partial charge in [0.05, 0.1) is 12.7 Å². The summed E-state index contributed by atoms with van der Waals surface area (Å²) in [5.74, 6) is -0.277. The number of hydrogen-bond acceptors (Lipinski definition) is 5. The van der Waals surface area contributed by atoms with Crippen molar-refractivity contribution >= 4 is 23.3 Å². The van der Waals surface area contributed by atoms with Crippen LogP contribution >= 0.6 is 11.5 Å². The van der Waals surface area contributed by atoms with Crippen molar-refractivity contribution in [1.29, 1.82) is 0 Å². The smallest absolute Gasteiger partial charge is 0.267 e. The molecule has 2 rings (SSSR count). The molecular weight excluding hydrogens is 216 g/mol. The highest BCUT2D eigenvalue weighted by Crippen LogP contribution is 2.08. The zero-order valence-corrected chi connectivity index (χ0v) is 8.79. The summed E-state index contributed by atoms with van der Waals surface area (Å²) in [5, 5.41) is 6.31. The third-order valence-corrected chi connectivity index (χ3v) is 2.77. The van der Waals surface area contributed by atoms with E-state index in [-0.39, 0.29) is 18.4 Å². The highest BCUT2D eigenvalue weighted by atomic mass is 32.1. The van der Waals surface area contributed by atoms with E-state index in [1.165, 1.54) is 11.1 Å². The van der Waals surface area contributed by atoms with Crippen LogP contribution in [0.1, 0.15) is 16.1 Å². The van der Waals surface area contributed by atoms with Crippen molar-refractivity contribution in [3.05, 3.63) is 11.1 Å². The number of rotatable bonds is 1. The zero-order chi connectivity index (χ0) is 10.7. The molecule has 0 spiro atoms. The maximum atomic E-state index is 11.8. The molecule has 2 heterocycles. The fraction of sp³-hybridized carbons (Fsp3) is 0.500. The first-order valence-electron chi connectivity index (χ1n) is 4.60. The Hall–Kier alpha value is -1.50. The van der Waals surface area contributed by atoms with Crippen LogP contribution in [0.15, 0.2) is 6.20 Å². The molecule has 0 saturated carbocycles. The molecule has 80 valence electrons. The normalized spacial score (nSPS) is 17.1. The summed E-state index contributed by atoms with van der Waals surface area (Å²) in [5.41, 5.74) is 0. The molecule has 0 aliphatic carbocycles. The van der Waals surface area contributed by atoms with E-state index >= 15 is 0 Å². The van der Waals surface area contributed by atoms with Gasteiger partial charge in [0.1, 0.15) is 4.88 Å². The van der Waals surface area contributed by atoms with E-state index in [4.69, 9.17) is 0 Å². The maximum absolute atomic E-state index is 11.8. The molecule has 0 radical (unpaired) electrons. The molecule has 0 atom stereocenters. The first-order valence-corrected chi connectivity index (χ1v) is 5.38. The van der Waals surface area contributed by atoms with Gasteiger partial charge in [-0.1, -0.05) is 4.49 Å². The Morgan fingerprint density at radius 1 is 1.60 bits per heavy atom. The number of carbonyl (C=O) groups is 2. The van der Waals surface area contributed by atoms with Gasteiger partial charge in [-0.05, 0) is 18.0 Å². The topological polar surface area (TPSA) is 75.2 Å². The van der Waals surface area contributed by atoms with Crippen LogP contribution in [-0.2, 0) is 4.79 Å². The lowest BCUT2D eigenvalue weighted by atomic mass is 10.3. The molecule has 2 amide bonds. The summed E-state index contributed by atoms with van der Waals surface area (Å²) in [4.78, 5) is 25.1. The van der Waals surface area contributed by atoms with Gasteiger partial charge in [0.15, 0.2) is 0 Å². The lowest BCUT2D eigenvalue weighted by Gasteiger charge is -2.17. The molecule has 7 heteroatoms. The van der Waals surface area contributed by atoms with Crippen LogP contribution < -0.4 is 5.32 Å². The third-order valence-electron chi connectivity index (χ3n) is 2.12. The molecule has 1 N–H and O–H groups in total. The molecule has 15 heavy (non-hydrogen) atoms. The van der Waals surface area contributed by atoms with E-state index in [2.05, 4.69) is 14.9 Å². The number of carbonyl (C=O) groups excluding carboxylic acids is 2. The fourth-order valence-corrected chi connectivity index (χ4v) is 1.88. The molecule has 0 aromatic carbocycles. The standard InChI is InChI=1S/C8H10N4O2S/c13-7-5-12(3-1-2-9-7)8(14)6-4-10-11-15-6/h4H,1-3,5H2,(H,9,13). The number of nitrogens with one attached hydrogen (secondary N) is 1. The van der Waals surface area contributed by atoms with Crippen molar-refractivity contribution in [2.24, 2.45) is 0 Å². The van der Waals surface area contributed by atoms with E-state index in [9.17, 15) is 9.59 Å².